The predicted molar refractivity (Wildman–Crippen MR) is 81.8 cm³/mol. The van der Waals surface area contributed by atoms with Crippen LogP contribution in [0.3, 0.4) is 0 Å². The summed E-state index contributed by atoms with van der Waals surface area (Å²) in [7, 11) is 0. The van der Waals surface area contributed by atoms with E-state index < -0.39 is 12.0 Å². The van der Waals surface area contributed by atoms with E-state index in [9.17, 15) is 9.59 Å². The number of rotatable bonds is 4. The van der Waals surface area contributed by atoms with Gasteiger partial charge >= 0.3 is 11.9 Å². The Morgan fingerprint density at radius 1 is 1.35 bits per heavy atom. The van der Waals surface area contributed by atoms with E-state index in [4.69, 9.17) is 9.84 Å². The first-order valence-corrected chi connectivity index (χ1v) is 6.84. The van der Waals surface area contributed by atoms with Crippen molar-refractivity contribution in [1.29, 1.82) is 0 Å². The second kappa shape index (κ2) is 7.66. The molecular weight excluding hydrogens is 346 g/mol. The molecule has 0 bridgehead atoms. The summed E-state index contributed by atoms with van der Waals surface area (Å²) >= 11 is 1.63. The van der Waals surface area contributed by atoms with Gasteiger partial charge in [-0.15, -0.1) is 28.7 Å². The molecule has 0 amide bonds. The van der Waals surface area contributed by atoms with Gasteiger partial charge in [-0.2, -0.15) is 0 Å². The number of carbonyl (C=O) groups is 2. The Morgan fingerprint density at radius 2 is 2.00 bits per heavy atom. The SMILES string of the molecule is Br.CC(=O)Oc1ccc(SC2CN[C@H](C(=O)O)C2)cc1. The minimum atomic E-state index is -0.798. The van der Waals surface area contributed by atoms with Gasteiger partial charge in [0.15, 0.2) is 0 Å². The summed E-state index contributed by atoms with van der Waals surface area (Å²) in [5.41, 5.74) is 0. The van der Waals surface area contributed by atoms with Crippen LogP contribution in [0.25, 0.3) is 0 Å². The van der Waals surface area contributed by atoms with Crippen LogP contribution in [-0.4, -0.2) is 34.9 Å². The highest BCUT2D eigenvalue weighted by molar-refractivity contribution is 8.93. The monoisotopic (exact) mass is 361 g/mol. The first kappa shape index (κ1) is 17.0. The van der Waals surface area contributed by atoms with Gasteiger partial charge in [0.1, 0.15) is 11.8 Å². The van der Waals surface area contributed by atoms with Gasteiger partial charge in [0.2, 0.25) is 0 Å². The molecule has 0 aromatic heterocycles. The molecule has 2 atom stereocenters. The molecule has 1 aromatic carbocycles. The molecule has 1 aliphatic heterocycles. The van der Waals surface area contributed by atoms with Gasteiger partial charge in [-0.1, -0.05) is 0 Å². The molecule has 5 nitrogen and oxygen atoms in total. The first-order chi connectivity index (χ1) is 9.04. The summed E-state index contributed by atoms with van der Waals surface area (Å²) in [6, 6.07) is 6.77. The fraction of sp³-hybridized carbons (Fsp3) is 0.385. The van der Waals surface area contributed by atoms with Gasteiger partial charge in [-0.3, -0.25) is 9.59 Å². The van der Waals surface area contributed by atoms with Gasteiger partial charge in [-0.05, 0) is 30.7 Å². The van der Waals surface area contributed by atoms with Crippen LogP contribution >= 0.6 is 28.7 Å². The average Bonchev–Trinajstić information content (AvgIpc) is 2.80. The maximum absolute atomic E-state index is 10.8. The van der Waals surface area contributed by atoms with Crippen molar-refractivity contribution >= 4 is 40.7 Å². The van der Waals surface area contributed by atoms with Crippen LogP contribution in [-0.2, 0) is 9.59 Å². The van der Waals surface area contributed by atoms with Crippen LogP contribution in [0.15, 0.2) is 29.2 Å². The lowest BCUT2D eigenvalue weighted by molar-refractivity contribution is -0.139. The Hall–Kier alpha value is -1.05. The van der Waals surface area contributed by atoms with Crippen molar-refractivity contribution in [3.63, 3.8) is 0 Å². The summed E-state index contributed by atoms with van der Waals surface area (Å²) in [5.74, 6) is -0.622. The quantitative estimate of drug-likeness (QED) is 0.631. The molecule has 2 N–H and O–H groups in total. The normalized spacial score (nSPS) is 21.1. The Labute approximate surface area is 131 Å². The van der Waals surface area contributed by atoms with E-state index in [0.717, 1.165) is 4.90 Å². The zero-order valence-electron chi connectivity index (χ0n) is 10.9. The Morgan fingerprint density at radius 3 is 2.50 bits per heavy atom. The number of hydrogen-bond donors (Lipinski definition) is 2. The molecule has 1 heterocycles. The Balaban J connectivity index is 0.00000200. The highest BCUT2D eigenvalue weighted by Crippen LogP contribution is 2.30. The van der Waals surface area contributed by atoms with Crippen molar-refractivity contribution in [2.45, 2.75) is 29.5 Å². The molecule has 0 saturated carbocycles. The molecule has 0 spiro atoms. The lowest BCUT2D eigenvalue weighted by Gasteiger charge is -2.08. The van der Waals surface area contributed by atoms with Crippen molar-refractivity contribution in [3.8, 4) is 5.75 Å². The molecule has 20 heavy (non-hydrogen) atoms. The molecule has 110 valence electrons. The lowest BCUT2D eigenvalue weighted by atomic mass is 10.2. The highest BCUT2D eigenvalue weighted by atomic mass is 79.9. The molecule has 1 fully saturated rings. The fourth-order valence-electron chi connectivity index (χ4n) is 1.93. The smallest absolute Gasteiger partial charge is 0.320 e. The first-order valence-electron chi connectivity index (χ1n) is 5.96. The van der Waals surface area contributed by atoms with E-state index in [-0.39, 0.29) is 28.2 Å². The number of benzene rings is 1. The molecule has 0 radical (unpaired) electrons. The second-order valence-corrected chi connectivity index (χ2v) is 5.71. The second-order valence-electron chi connectivity index (χ2n) is 4.34. The third kappa shape index (κ3) is 4.81. The zero-order chi connectivity index (χ0) is 13.8. The van der Waals surface area contributed by atoms with Crippen molar-refractivity contribution in [1.82, 2.24) is 5.32 Å². The number of halogens is 1. The van der Waals surface area contributed by atoms with Gasteiger partial charge in [0.25, 0.3) is 0 Å². The molecule has 1 aliphatic rings. The number of ether oxygens (including phenoxy) is 1. The summed E-state index contributed by atoms with van der Waals surface area (Å²) in [6.07, 6.45) is 0.617. The molecular formula is C13H16BrNO4S. The standard InChI is InChI=1S/C13H15NO4S.BrH/c1-8(15)18-9-2-4-10(5-3-9)19-11-6-12(13(16)17)14-7-11;/h2-5,11-12,14H,6-7H2,1H3,(H,16,17);1H/t11?,12-;/m0./s1. The van der Waals surface area contributed by atoms with E-state index in [2.05, 4.69) is 5.32 Å². The fourth-order valence-corrected chi connectivity index (χ4v) is 3.07. The molecule has 2 rings (SSSR count). The molecule has 1 aromatic rings. The summed E-state index contributed by atoms with van der Waals surface area (Å²) < 4.78 is 4.95. The van der Waals surface area contributed by atoms with E-state index in [1.54, 1.807) is 23.9 Å². The number of esters is 1. The van der Waals surface area contributed by atoms with Crippen molar-refractivity contribution in [2.75, 3.05) is 6.54 Å². The van der Waals surface area contributed by atoms with Crippen LogP contribution in [0.2, 0.25) is 0 Å². The van der Waals surface area contributed by atoms with Gasteiger partial charge in [0.05, 0.1) is 0 Å². The number of thioether (sulfide) groups is 1. The maximum Gasteiger partial charge on any atom is 0.320 e. The minimum absolute atomic E-state index is 0. The van der Waals surface area contributed by atoms with Crippen molar-refractivity contribution in [3.05, 3.63) is 24.3 Å². The summed E-state index contributed by atoms with van der Waals surface area (Å²) in [4.78, 5) is 22.6. The van der Waals surface area contributed by atoms with Gasteiger partial charge < -0.3 is 15.2 Å². The zero-order valence-corrected chi connectivity index (χ0v) is 13.4. The van der Waals surface area contributed by atoms with E-state index in [0.29, 0.717) is 18.7 Å². The van der Waals surface area contributed by atoms with E-state index in [1.165, 1.54) is 6.92 Å². The number of hydrogen-bond acceptors (Lipinski definition) is 5. The van der Waals surface area contributed by atoms with Crippen LogP contribution < -0.4 is 10.1 Å². The number of carboxylic acids is 1. The average molecular weight is 362 g/mol. The molecule has 0 aliphatic carbocycles. The number of aliphatic carboxylic acids is 1. The molecule has 1 unspecified atom stereocenters. The summed E-state index contributed by atoms with van der Waals surface area (Å²) in [5, 5.41) is 12.1. The molecule has 1 saturated heterocycles. The number of nitrogens with one attached hydrogen (secondary N) is 1. The third-order valence-corrected chi connectivity index (χ3v) is 4.01. The van der Waals surface area contributed by atoms with E-state index in [1.807, 2.05) is 12.1 Å². The number of carbonyl (C=O) groups excluding carboxylic acids is 1. The van der Waals surface area contributed by atoms with Crippen molar-refractivity contribution < 1.29 is 19.4 Å². The van der Waals surface area contributed by atoms with Gasteiger partial charge in [0, 0.05) is 23.6 Å². The summed E-state index contributed by atoms with van der Waals surface area (Å²) in [6.45, 7) is 2.05. The van der Waals surface area contributed by atoms with Crippen molar-refractivity contribution in [2.24, 2.45) is 0 Å². The predicted octanol–water partition coefficient (Wildman–Crippen LogP) is 2.10. The van der Waals surface area contributed by atoms with Crippen LogP contribution in [0, 0.1) is 0 Å². The third-order valence-electron chi connectivity index (χ3n) is 2.78. The topological polar surface area (TPSA) is 75.6 Å². The minimum Gasteiger partial charge on any atom is -0.480 e. The van der Waals surface area contributed by atoms with E-state index >= 15 is 0 Å². The molecule has 7 heteroatoms. The lowest BCUT2D eigenvalue weighted by Crippen LogP contribution is -2.29. The Bertz CT molecular complexity index is 480. The van der Waals surface area contributed by atoms with Crippen LogP contribution in [0.4, 0.5) is 0 Å². The Kier molecular flexibility index (Phi) is 6.51. The van der Waals surface area contributed by atoms with Gasteiger partial charge in [-0.25, -0.2) is 0 Å². The van der Waals surface area contributed by atoms with Crippen LogP contribution in [0.1, 0.15) is 13.3 Å². The largest absolute Gasteiger partial charge is 0.480 e. The van der Waals surface area contributed by atoms with Crippen LogP contribution in [0.5, 0.6) is 5.75 Å². The maximum atomic E-state index is 10.8. The number of carboxylic acid groups (broad SMARTS) is 1. The highest BCUT2D eigenvalue weighted by Gasteiger charge is 2.29.